The molecule has 4 rings (SSSR count). The topological polar surface area (TPSA) is 110 Å². The van der Waals surface area contributed by atoms with E-state index in [-0.39, 0.29) is 27.5 Å². The normalized spacial score (nSPS) is 15.5. The number of benzene rings is 3. The van der Waals surface area contributed by atoms with Gasteiger partial charge in [0, 0.05) is 10.0 Å². The van der Waals surface area contributed by atoms with Crippen LogP contribution in [0.5, 0.6) is 5.75 Å². The van der Waals surface area contributed by atoms with Crippen LogP contribution in [0, 0.1) is 0 Å². The van der Waals surface area contributed by atoms with Gasteiger partial charge in [-0.3, -0.25) is 14.9 Å². The molecule has 1 aliphatic heterocycles. The second-order valence-corrected chi connectivity index (χ2v) is 9.29. The lowest BCUT2D eigenvalue weighted by atomic mass is 10.1. The number of barbiturate groups is 1. The van der Waals surface area contributed by atoms with Gasteiger partial charge in [0.15, 0.2) is 0 Å². The average Bonchev–Trinajstić information content (AvgIpc) is 2.79. The molecule has 4 amide bonds. The van der Waals surface area contributed by atoms with Crippen molar-refractivity contribution in [2.45, 2.75) is 4.90 Å². The Bertz CT molecular complexity index is 1390. The van der Waals surface area contributed by atoms with E-state index in [0.29, 0.717) is 4.47 Å². The fourth-order valence-corrected chi connectivity index (χ4v) is 4.44. The number of nitrogens with zero attached hydrogens (tertiary/aromatic N) is 1. The van der Waals surface area contributed by atoms with Crippen molar-refractivity contribution in [3.63, 3.8) is 0 Å². The van der Waals surface area contributed by atoms with E-state index in [4.69, 9.17) is 4.18 Å². The SMILES string of the molecule is O=C1NC(=O)N(c2ccccc2)C(=O)/C1=C/c1cc(Br)ccc1OS(=O)(=O)c1ccccc1. The predicted octanol–water partition coefficient (Wildman–Crippen LogP) is 3.88. The quantitative estimate of drug-likeness (QED) is 0.307. The molecule has 0 aromatic heterocycles. The third-order valence-electron chi connectivity index (χ3n) is 4.62. The molecule has 0 unspecified atom stereocenters. The van der Waals surface area contributed by atoms with Crippen LogP contribution in [-0.4, -0.2) is 26.3 Å². The van der Waals surface area contributed by atoms with Crippen LogP contribution in [0.25, 0.3) is 6.08 Å². The molecule has 0 saturated carbocycles. The van der Waals surface area contributed by atoms with Crippen LogP contribution in [0.1, 0.15) is 5.56 Å². The third-order valence-corrected chi connectivity index (χ3v) is 6.36. The lowest BCUT2D eigenvalue weighted by Gasteiger charge is -2.26. The van der Waals surface area contributed by atoms with Crippen LogP contribution in [0.3, 0.4) is 0 Å². The van der Waals surface area contributed by atoms with E-state index in [1.165, 1.54) is 30.3 Å². The highest BCUT2D eigenvalue weighted by molar-refractivity contribution is 9.10. The van der Waals surface area contributed by atoms with Gasteiger partial charge in [0.25, 0.3) is 11.8 Å². The molecule has 1 aliphatic rings. The van der Waals surface area contributed by atoms with E-state index >= 15 is 0 Å². The molecular formula is C23H15BrN2O6S. The van der Waals surface area contributed by atoms with Crippen LogP contribution >= 0.6 is 15.9 Å². The fraction of sp³-hybridized carbons (Fsp3) is 0. The molecule has 3 aromatic carbocycles. The first kappa shape index (κ1) is 22.4. The van der Waals surface area contributed by atoms with Crippen molar-refractivity contribution in [1.29, 1.82) is 0 Å². The summed E-state index contributed by atoms with van der Waals surface area (Å²) in [5, 5.41) is 2.12. The van der Waals surface area contributed by atoms with Gasteiger partial charge in [-0.25, -0.2) is 9.69 Å². The van der Waals surface area contributed by atoms with Gasteiger partial charge >= 0.3 is 16.1 Å². The minimum absolute atomic E-state index is 0.0566. The summed E-state index contributed by atoms with van der Waals surface area (Å²) in [4.78, 5) is 38.6. The van der Waals surface area contributed by atoms with Crippen LogP contribution in [0.4, 0.5) is 10.5 Å². The highest BCUT2D eigenvalue weighted by Gasteiger charge is 2.37. The van der Waals surface area contributed by atoms with Gasteiger partial charge in [-0.2, -0.15) is 8.42 Å². The number of amides is 4. The molecule has 1 fully saturated rings. The van der Waals surface area contributed by atoms with Crippen LogP contribution in [-0.2, 0) is 19.7 Å². The monoisotopic (exact) mass is 526 g/mol. The van der Waals surface area contributed by atoms with Gasteiger partial charge in [0.05, 0.1) is 5.69 Å². The second kappa shape index (κ2) is 9.00. The first-order chi connectivity index (χ1) is 15.8. The Balaban J connectivity index is 1.75. The van der Waals surface area contributed by atoms with Crippen molar-refractivity contribution in [3.05, 3.63) is 94.5 Å². The van der Waals surface area contributed by atoms with Crippen LogP contribution in [0.2, 0.25) is 0 Å². The Labute approximate surface area is 197 Å². The zero-order valence-electron chi connectivity index (χ0n) is 16.8. The molecule has 1 N–H and O–H groups in total. The van der Waals surface area contributed by atoms with Gasteiger partial charge in [-0.15, -0.1) is 0 Å². The van der Waals surface area contributed by atoms with Gasteiger partial charge < -0.3 is 4.18 Å². The summed E-state index contributed by atoms with van der Waals surface area (Å²) in [7, 11) is -4.17. The number of halogens is 1. The maximum atomic E-state index is 13.1. The molecule has 0 radical (unpaired) electrons. The summed E-state index contributed by atoms with van der Waals surface area (Å²) in [6.07, 6.45) is 1.18. The van der Waals surface area contributed by atoms with Crippen LogP contribution < -0.4 is 14.4 Å². The Hall–Kier alpha value is -3.76. The summed E-state index contributed by atoms with van der Waals surface area (Å²) in [6, 6.07) is 19.2. The molecule has 0 bridgehead atoms. The number of rotatable bonds is 5. The minimum Gasteiger partial charge on any atom is -0.378 e. The Morgan fingerprint density at radius 1 is 0.879 bits per heavy atom. The Morgan fingerprint density at radius 3 is 2.18 bits per heavy atom. The Morgan fingerprint density at radius 2 is 1.52 bits per heavy atom. The third kappa shape index (κ3) is 4.71. The summed E-state index contributed by atoms with van der Waals surface area (Å²) < 4.78 is 31.2. The molecular weight excluding hydrogens is 512 g/mol. The minimum atomic E-state index is -4.17. The number of hydrogen-bond donors (Lipinski definition) is 1. The van der Waals surface area contributed by atoms with Crippen molar-refractivity contribution < 1.29 is 27.0 Å². The highest BCUT2D eigenvalue weighted by atomic mass is 79.9. The van der Waals surface area contributed by atoms with Crippen molar-refractivity contribution in [2.24, 2.45) is 0 Å². The number of hydrogen-bond acceptors (Lipinski definition) is 6. The maximum absolute atomic E-state index is 13.1. The number of anilines is 1. The maximum Gasteiger partial charge on any atom is 0.339 e. The molecule has 0 aliphatic carbocycles. The smallest absolute Gasteiger partial charge is 0.339 e. The van der Waals surface area contributed by atoms with Crippen LogP contribution in [0.15, 0.2) is 93.8 Å². The number of nitrogens with one attached hydrogen (secondary N) is 1. The number of urea groups is 1. The van der Waals surface area contributed by atoms with Gasteiger partial charge in [0.2, 0.25) is 0 Å². The molecule has 33 heavy (non-hydrogen) atoms. The first-order valence-corrected chi connectivity index (χ1v) is 11.7. The Kier molecular flexibility index (Phi) is 6.12. The number of para-hydroxylation sites is 1. The van der Waals surface area contributed by atoms with E-state index in [1.54, 1.807) is 54.6 Å². The molecule has 8 nitrogen and oxygen atoms in total. The van der Waals surface area contributed by atoms with Crippen molar-refractivity contribution in [2.75, 3.05) is 4.90 Å². The zero-order chi connectivity index (χ0) is 23.6. The summed E-state index contributed by atoms with van der Waals surface area (Å²) in [6.45, 7) is 0. The highest BCUT2D eigenvalue weighted by Crippen LogP contribution is 2.30. The number of carbonyl (C=O) groups excluding carboxylic acids is 3. The van der Waals surface area contributed by atoms with E-state index in [1.807, 2.05) is 0 Å². The summed E-state index contributed by atoms with van der Waals surface area (Å²) >= 11 is 3.29. The molecule has 10 heteroatoms. The zero-order valence-corrected chi connectivity index (χ0v) is 19.2. The molecule has 166 valence electrons. The van der Waals surface area contributed by atoms with E-state index < -0.39 is 28.0 Å². The summed E-state index contributed by atoms with van der Waals surface area (Å²) in [5.74, 6) is -1.86. The molecule has 1 saturated heterocycles. The fourth-order valence-electron chi connectivity index (χ4n) is 3.09. The number of carbonyl (C=O) groups is 3. The largest absolute Gasteiger partial charge is 0.378 e. The van der Waals surface area contributed by atoms with Gasteiger partial charge in [-0.1, -0.05) is 52.3 Å². The molecule has 3 aromatic rings. The first-order valence-electron chi connectivity index (χ1n) is 9.52. The van der Waals surface area contributed by atoms with E-state index in [2.05, 4.69) is 21.2 Å². The van der Waals surface area contributed by atoms with Crippen molar-refractivity contribution >= 4 is 55.7 Å². The van der Waals surface area contributed by atoms with Gasteiger partial charge in [0.1, 0.15) is 16.2 Å². The standard InChI is InChI=1S/C23H15BrN2O6S/c24-16-11-12-20(32-33(30,31)18-9-5-2-6-10-18)15(13-16)14-19-21(27)25-23(29)26(22(19)28)17-7-3-1-4-8-17/h1-14H,(H,25,27,29)/b19-14+. The van der Waals surface area contributed by atoms with Crippen molar-refractivity contribution in [1.82, 2.24) is 5.32 Å². The number of imide groups is 2. The predicted molar refractivity (Wildman–Crippen MR) is 124 cm³/mol. The van der Waals surface area contributed by atoms with Gasteiger partial charge in [-0.05, 0) is 48.5 Å². The average molecular weight is 527 g/mol. The lowest BCUT2D eigenvalue weighted by Crippen LogP contribution is -2.54. The molecule has 1 heterocycles. The van der Waals surface area contributed by atoms with E-state index in [9.17, 15) is 22.8 Å². The molecule has 0 spiro atoms. The lowest BCUT2D eigenvalue weighted by molar-refractivity contribution is -0.122. The second-order valence-electron chi connectivity index (χ2n) is 6.83. The molecule has 0 atom stereocenters. The van der Waals surface area contributed by atoms with E-state index in [0.717, 1.165) is 4.90 Å². The van der Waals surface area contributed by atoms with Crippen molar-refractivity contribution in [3.8, 4) is 5.75 Å². The summed E-state index contributed by atoms with van der Waals surface area (Å²) in [5.41, 5.74) is 0.0547.